The van der Waals surface area contributed by atoms with Crippen LogP contribution in [0.5, 0.6) is 5.75 Å². The molecule has 0 bridgehead atoms. The van der Waals surface area contributed by atoms with Crippen LogP contribution in [0.4, 0.5) is 11.4 Å². The van der Waals surface area contributed by atoms with Crippen LogP contribution in [-0.2, 0) is 0 Å². The standard InChI is InChI=1S/C13H22N2O/c1-5-14-12-10-11(16-4)8-9-13(12)15(6-2)7-3/h8-10,14H,5-7H2,1-4H3. The summed E-state index contributed by atoms with van der Waals surface area (Å²) in [5.41, 5.74) is 2.39. The fourth-order valence-electron chi connectivity index (χ4n) is 1.81. The van der Waals surface area contributed by atoms with E-state index in [-0.39, 0.29) is 0 Å². The SMILES string of the molecule is CCNc1cc(OC)ccc1N(CC)CC. The monoisotopic (exact) mass is 222 g/mol. The number of nitrogens with one attached hydrogen (secondary N) is 1. The molecule has 0 amide bonds. The summed E-state index contributed by atoms with van der Waals surface area (Å²) >= 11 is 0. The molecular formula is C13H22N2O. The third-order valence-corrected chi connectivity index (χ3v) is 2.68. The maximum atomic E-state index is 5.24. The number of ether oxygens (including phenoxy) is 1. The van der Waals surface area contributed by atoms with Gasteiger partial charge in [0.15, 0.2) is 0 Å². The molecule has 0 aliphatic carbocycles. The highest BCUT2D eigenvalue weighted by Crippen LogP contribution is 2.29. The first-order valence-corrected chi connectivity index (χ1v) is 5.93. The van der Waals surface area contributed by atoms with Gasteiger partial charge in [-0.2, -0.15) is 0 Å². The Bertz CT molecular complexity index is 322. The molecule has 0 saturated carbocycles. The molecule has 0 heterocycles. The molecule has 0 aliphatic heterocycles. The van der Waals surface area contributed by atoms with Crippen molar-refractivity contribution in [1.82, 2.24) is 0 Å². The normalized spacial score (nSPS) is 10.0. The predicted molar refractivity (Wildman–Crippen MR) is 70.7 cm³/mol. The first-order valence-electron chi connectivity index (χ1n) is 5.93. The summed E-state index contributed by atoms with van der Waals surface area (Å²) in [5.74, 6) is 0.895. The van der Waals surface area contributed by atoms with E-state index in [4.69, 9.17) is 4.74 Å². The Morgan fingerprint density at radius 2 is 1.88 bits per heavy atom. The van der Waals surface area contributed by atoms with E-state index in [1.165, 1.54) is 5.69 Å². The first kappa shape index (κ1) is 12.7. The van der Waals surface area contributed by atoms with E-state index in [1.807, 2.05) is 6.07 Å². The van der Waals surface area contributed by atoms with Gasteiger partial charge in [0.2, 0.25) is 0 Å². The molecule has 3 nitrogen and oxygen atoms in total. The first-order chi connectivity index (χ1) is 7.76. The Morgan fingerprint density at radius 1 is 1.19 bits per heavy atom. The zero-order valence-electron chi connectivity index (χ0n) is 10.7. The van der Waals surface area contributed by atoms with Gasteiger partial charge in [-0.1, -0.05) is 0 Å². The van der Waals surface area contributed by atoms with Crippen LogP contribution in [-0.4, -0.2) is 26.7 Å². The average molecular weight is 222 g/mol. The number of hydrogen-bond acceptors (Lipinski definition) is 3. The summed E-state index contributed by atoms with van der Waals surface area (Å²) in [6.07, 6.45) is 0. The van der Waals surface area contributed by atoms with Gasteiger partial charge in [-0.25, -0.2) is 0 Å². The molecule has 90 valence electrons. The zero-order chi connectivity index (χ0) is 12.0. The van der Waals surface area contributed by atoms with Gasteiger partial charge in [0.05, 0.1) is 18.5 Å². The summed E-state index contributed by atoms with van der Waals surface area (Å²) in [6.45, 7) is 9.39. The van der Waals surface area contributed by atoms with Gasteiger partial charge in [0, 0.05) is 25.7 Å². The van der Waals surface area contributed by atoms with Crippen LogP contribution >= 0.6 is 0 Å². The highest BCUT2D eigenvalue weighted by Gasteiger charge is 2.08. The van der Waals surface area contributed by atoms with Crippen LogP contribution < -0.4 is 15.0 Å². The second kappa shape index (κ2) is 6.26. The molecule has 0 aromatic heterocycles. The molecule has 3 heteroatoms. The second-order valence-corrected chi connectivity index (χ2v) is 3.59. The lowest BCUT2D eigenvalue weighted by Crippen LogP contribution is -2.23. The quantitative estimate of drug-likeness (QED) is 0.801. The molecule has 1 rings (SSSR count). The molecule has 0 aliphatic rings. The van der Waals surface area contributed by atoms with Crippen molar-refractivity contribution in [2.75, 3.05) is 37.0 Å². The Hall–Kier alpha value is -1.38. The lowest BCUT2D eigenvalue weighted by molar-refractivity contribution is 0.415. The van der Waals surface area contributed by atoms with E-state index in [2.05, 4.69) is 43.1 Å². The summed E-state index contributed by atoms with van der Waals surface area (Å²) in [4.78, 5) is 2.33. The number of anilines is 2. The largest absolute Gasteiger partial charge is 0.497 e. The topological polar surface area (TPSA) is 24.5 Å². The van der Waals surface area contributed by atoms with Crippen molar-refractivity contribution >= 4 is 11.4 Å². The molecule has 1 N–H and O–H groups in total. The molecule has 16 heavy (non-hydrogen) atoms. The fourth-order valence-corrected chi connectivity index (χ4v) is 1.81. The van der Waals surface area contributed by atoms with Crippen molar-refractivity contribution in [2.24, 2.45) is 0 Å². The smallest absolute Gasteiger partial charge is 0.121 e. The molecule has 0 unspecified atom stereocenters. The van der Waals surface area contributed by atoms with E-state index in [0.29, 0.717) is 0 Å². The van der Waals surface area contributed by atoms with Gasteiger partial charge in [0.1, 0.15) is 5.75 Å². The number of nitrogens with zero attached hydrogens (tertiary/aromatic N) is 1. The van der Waals surface area contributed by atoms with Crippen LogP contribution in [0.2, 0.25) is 0 Å². The number of methoxy groups -OCH3 is 1. The Kier molecular flexibility index (Phi) is 4.96. The Morgan fingerprint density at radius 3 is 2.38 bits per heavy atom. The molecule has 0 atom stereocenters. The van der Waals surface area contributed by atoms with Crippen LogP contribution in [0, 0.1) is 0 Å². The molecule has 1 aromatic carbocycles. The van der Waals surface area contributed by atoms with E-state index in [9.17, 15) is 0 Å². The highest BCUT2D eigenvalue weighted by atomic mass is 16.5. The van der Waals surface area contributed by atoms with Gasteiger partial charge in [-0.3, -0.25) is 0 Å². The van der Waals surface area contributed by atoms with Crippen molar-refractivity contribution in [3.63, 3.8) is 0 Å². The van der Waals surface area contributed by atoms with Gasteiger partial charge < -0.3 is 15.0 Å². The molecule has 1 aromatic rings. The van der Waals surface area contributed by atoms with Gasteiger partial charge in [0.25, 0.3) is 0 Å². The fraction of sp³-hybridized carbons (Fsp3) is 0.538. The lowest BCUT2D eigenvalue weighted by atomic mass is 10.2. The minimum absolute atomic E-state index is 0.895. The van der Waals surface area contributed by atoms with E-state index >= 15 is 0 Å². The lowest BCUT2D eigenvalue weighted by Gasteiger charge is -2.24. The molecule has 0 spiro atoms. The second-order valence-electron chi connectivity index (χ2n) is 3.59. The maximum absolute atomic E-state index is 5.24. The van der Waals surface area contributed by atoms with Crippen LogP contribution in [0.15, 0.2) is 18.2 Å². The third-order valence-electron chi connectivity index (χ3n) is 2.68. The molecule has 0 fully saturated rings. The maximum Gasteiger partial charge on any atom is 0.121 e. The van der Waals surface area contributed by atoms with Crippen LogP contribution in [0.25, 0.3) is 0 Å². The third kappa shape index (κ3) is 2.81. The number of benzene rings is 1. The summed E-state index contributed by atoms with van der Waals surface area (Å²) in [7, 11) is 1.70. The van der Waals surface area contributed by atoms with Gasteiger partial charge in [-0.15, -0.1) is 0 Å². The molecular weight excluding hydrogens is 200 g/mol. The summed E-state index contributed by atoms with van der Waals surface area (Å²) in [5, 5.41) is 3.38. The highest BCUT2D eigenvalue weighted by molar-refractivity contribution is 5.72. The van der Waals surface area contributed by atoms with Crippen LogP contribution in [0.1, 0.15) is 20.8 Å². The van der Waals surface area contributed by atoms with Crippen molar-refractivity contribution < 1.29 is 4.74 Å². The summed E-state index contributed by atoms with van der Waals surface area (Å²) in [6, 6.07) is 6.18. The number of hydrogen-bond donors (Lipinski definition) is 1. The minimum atomic E-state index is 0.895. The predicted octanol–water partition coefficient (Wildman–Crippen LogP) is 2.97. The van der Waals surface area contributed by atoms with Crippen molar-refractivity contribution in [1.29, 1.82) is 0 Å². The van der Waals surface area contributed by atoms with Crippen molar-refractivity contribution in [3.05, 3.63) is 18.2 Å². The van der Waals surface area contributed by atoms with Gasteiger partial charge in [-0.05, 0) is 32.9 Å². The average Bonchev–Trinajstić information content (AvgIpc) is 2.32. The zero-order valence-corrected chi connectivity index (χ0v) is 10.7. The van der Waals surface area contributed by atoms with Crippen LogP contribution in [0.3, 0.4) is 0 Å². The van der Waals surface area contributed by atoms with E-state index in [1.54, 1.807) is 7.11 Å². The van der Waals surface area contributed by atoms with E-state index in [0.717, 1.165) is 31.1 Å². The Labute approximate surface area is 98.4 Å². The molecule has 0 saturated heterocycles. The van der Waals surface area contributed by atoms with Crippen molar-refractivity contribution in [2.45, 2.75) is 20.8 Å². The van der Waals surface area contributed by atoms with Crippen molar-refractivity contribution in [3.8, 4) is 5.75 Å². The van der Waals surface area contributed by atoms with E-state index < -0.39 is 0 Å². The van der Waals surface area contributed by atoms with Gasteiger partial charge >= 0.3 is 0 Å². The molecule has 0 radical (unpaired) electrons. The summed E-state index contributed by atoms with van der Waals surface area (Å²) < 4.78 is 5.24. The number of rotatable bonds is 6. The minimum Gasteiger partial charge on any atom is -0.497 e. The Balaban J connectivity index is 3.05.